The summed E-state index contributed by atoms with van der Waals surface area (Å²) in [6, 6.07) is -4.43. The Morgan fingerprint density at radius 3 is 2.11 bits per heavy atom. The largest absolute Gasteiger partial charge is 0.346 e. The van der Waals surface area contributed by atoms with Crippen molar-refractivity contribution in [2.75, 3.05) is 19.6 Å². The molecular formula is C40H60N6O7. The average molecular weight is 737 g/mol. The van der Waals surface area contributed by atoms with Gasteiger partial charge < -0.3 is 26.2 Å². The number of carbonyl (C=O) groups excluding carboxylic acids is 7. The molecular weight excluding hydrogens is 676 g/mol. The first-order valence-corrected chi connectivity index (χ1v) is 18.9. The molecule has 13 nitrogen and oxygen atoms in total. The summed E-state index contributed by atoms with van der Waals surface area (Å²) in [5.41, 5.74) is -1.72. The van der Waals surface area contributed by atoms with Crippen molar-refractivity contribution in [1.82, 2.24) is 31.1 Å². The zero-order chi connectivity index (χ0) is 39.7. The first kappa shape index (κ1) is 41.5. The standard InChI is InChI=1S/C40H60N6O7/c1-11-13-14-26(31(49)34(51)41-19-12-2)42-33(50)30-24-15-16-40(17-18-40)25(24)22-46(30)35(52)32(38(6,7)8)44-36(53)43-27(37(3,4)5)23-45-28(47)20-39(9,10)21-29(45)48/h1,12,24-27,30,32H,2,13-23H2,3-10H3,(H,41,51)(H,42,50)(H2,43,44,53)/t24-,25-,26?,27+,30-,32+/m0/s1. The van der Waals surface area contributed by atoms with Gasteiger partial charge in [-0.1, -0.05) is 61.5 Å². The first-order chi connectivity index (χ1) is 24.5. The Labute approximate surface area is 314 Å². The fourth-order valence-electron chi connectivity index (χ4n) is 8.35. The minimum atomic E-state index is -1.18. The summed E-state index contributed by atoms with van der Waals surface area (Å²) in [4.78, 5) is 97.4. The number of Topliss-reactive ketones (excluding diaryl/α,β-unsaturated/α-hetero) is 1. The third-order valence-corrected chi connectivity index (χ3v) is 11.7. The SMILES string of the molecule is C#CCCC(NC(=O)[C@@H]1[C@H]2CCC3(CC3)[C@H]2CN1C(=O)[C@@H](NC(=O)N[C@H](CN1C(=O)CC(C)(C)CC1=O)C(C)(C)C)C(C)(C)C)C(=O)C(=O)NCC=C. The molecule has 0 aromatic rings. The Hall–Kier alpha value is -4.21. The van der Waals surface area contributed by atoms with Gasteiger partial charge in [-0.3, -0.25) is 33.7 Å². The monoisotopic (exact) mass is 736 g/mol. The van der Waals surface area contributed by atoms with Crippen LogP contribution in [-0.4, -0.2) is 95.0 Å². The Bertz CT molecular complexity index is 1520. The van der Waals surface area contributed by atoms with Crippen LogP contribution in [0.25, 0.3) is 0 Å². The van der Waals surface area contributed by atoms with E-state index >= 15 is 0 Å². The molecule has 13 heteroatoms. The van der Waals surface area contributed by atoms with Crippen LogP contribution in [0, 0.1) is 45.8 Å². The van der Waals surface area contributed by atoms with Crippen LogP contribution < -0.4 is 21.3 Å². The second-order valence-corrected chi connectivity index (χ2v) is 18.5. The number of urea groups is 1. The third kappa shape index (κ3) is 9.48. The van der Waals surface area contributed by atoms with E-state index in [9.17, 15) is 33.6 Å². The van der Waals surface area contributed by atoms with E-state index in [1.54, 1.807) is 4.90 Å². The van der Waals surface area contributed by atoms with Gasteiger partial charge in [0.05, 0.1) is 12.1 Å². The molecule has 2 saturated heterocycles. The lowest BCUT2D eigenvalue weighted by Gasteiger charge is -2.40. The van der Waals surface area contributed by atoms with Gasteiger partial charge in [0.2, 0.25) is 29.4 Å². The van der Waals surface area contributed by atoms with Gasteiger partial charge >= 0.3 is 6.03 Å². The van der Waals surface area contributed by atoms with Crippen LogP contribution in [0.5, 0.6) is 0 Å². The van der Waals surface area contributed by atoms with Crippen molar-refractivity contribution in [1.29, 1.82) is 0 Å². The highest BCUT2D eigenvalue weighted by Gasteiger charge is 2.64. The van der Waals surface area contributed by atoms with E-state index in [4.69, 9.17) is 6.42 Å². The number of fused-ring (bicyclic) bond motifs is 2. The maximum Gasteiger partial charge on any atom is 0.315 e. The van der Waals surface area contributed by atoms with E-state index in [1.165, 1.54) is 11.0 Å². The van der Waals surface area contributed by atoms with Crippen LogP contribution in [-0.2, 0) is 28.8 Å². The number of nitrogens with zero attached hydrogens (tertiary/aromatic N) is 2. The zero-order valence-electron chi connectivity index (χ0n) is 32.9. The van der Waals surface area contributed by atoms with E-state index in [-0.39, 0.29) is 67.8 Å². The van der Waals surface area contributed by atoms with Crippen LogP contribution >= 0.6 is 0 Å². The third-order valence-electron chi connectivity index (χ3n) is 11.7. The molecule has 4 rings (SSSR count). The molecule has 4 N–H and O–H groups in total. The van der Waals surface area contributed by atoms with Crippen molar-refractivity contribution in [3.8, 4) is 12.3 Å². The number of imide groups is 1. The van der Waals surface area contributed by atoms with Crippen LogP contribution in [0.1, 0.15) is 107 Å². The molecule has 0 bridgehead atoms. The molecule has 0 aromatic carbocycles. The molecule has 2 saturated carbocycles. The van der Waals surface area contributed by atoms with E-state index in [1.807, 2.05) is 55.4 Å². The second kappa shape index (κ2) is 15.6. The fraction of sp³-hybridized carbons (Fsp3) is 0.725. The number of hydrogen-bond acceptors (Lipinski definition) is 7. The Kier molecular flexibility index (Phi) is 12.3. The van der Waals surface area contributed by atoms with Crippen molar-refractivity contribution >= 4 is 41.4 Å². The van der Waals surface area contributed by atoms with Crippen LogP contribution in [0.4, 0.5) is 4.79 Å². The average Bonchev–Trinajstić information content (AvgIpc) is 3.61. The summed E-state index contributed by atoms with van der Waals surface area (Å²) in [5, 5.41) is 11.1. The lowest BCUT2D eigenvalue weighted by atomic mass is 9.80. The van der Waals surface area contributed by atoms with Gasteiger partial charge in [0.1, 0.15) is 12.1 Å². The van der Waals surface area contributed by atoms with Crippen molar-refractivity contribution in [2.45, 2.75) is 131 Å². The molecule has 2 heterocycles. The second-order valence-electron chi connectivity index (χ2n) is 18.5. The van der Waals surface area contributed by atoms with Crippen LogP contribution in [0.2, 0.25) is 0 Å². The maximum atomic E-state index is 14.7. The number of piperidine rings is 1. The van der Waals surface area contributed by atoms with Crippen molar-refractivity contribution < 1.29 is 33.6 Å². The molecule has 1 unspecified atom stereocenters. The summed E-state index contributed by atoms with van der Waals surface area (Å²) >= 11 is 0. The van der Waals surface area contributed by atoms with Gasteiger partial charge in [-0.2, -0.15) is 0 Å². The number of nitrogens with one attached hydrogen (secondary N) is 4. The fourth-order valence-corrected chi connectivity index (χ4v) is 8.35. The summed E-state index contributed by atoms with van der Waals surface area (Å²) in [6.07, 6.45) is 11.3. The number of rotatable bonds is 13. The predicted molar refractivity (Wildman–Crippen MR) is 199 cm³/mol. The summed E-state index contributed by atoms with van der Waals surface area (Å²) < 4.78 is 0. The summed E-state index contributed by atoms with van der Waals surface area (Å²) in [5.74, 6) is -0.824. The molecule has 6 atom stereocenters. The van der Waals surface area contributed by atoms with Gasteiger partial charge in [0.15, 0.2) is 0 Å². The van der Waals surface area contributed by atoms with Crippen molar-refractivity contribution in [3.05, 3.63) is 12.7 Å². The smallest absolute Gasteiger partial charge is 0.315 e. The quantitative estimate of drug-likeness (QED) is 0.0974. The number of hydrogen-bond donors (Lipinski definition) is 4. The van der Waals surface area contributed by atoms with E-state index in [0.717, 1.165) is 25.7 Å². The molecule has 1 spiro atoms. The number of carbonyl (C=O) groups is 7. The van der Waals surface area contributed by atoms with Gasteiger partial charge in [-0.05, 0) is 65.6 Å². The number of amides is 7. The van der Waals surface area contributed by atoms with Crippen molar-refractivity contribution in [2.24, 2.45) is 33.5 Å². The number of ketones is 1. The topological polar surface area (TPSA) is 174 Å². The highest BCUT2D eigenvalue weighted by molar-refractivity contribution is 6.38. The normalized spacial score (nSPS) is 24.7. The molecule has 2 aliphatic carbocycles. The van der Waals surface area contributed by atoms with Gasteiger partial charge in [0.25, 0.3) is 5.91 Å². The van der Waals surface area contributed by atoms with Crippen molar-refractivity contribution in [3.63, 3.8) is 0 Å². The lowest BCUT2D eigenvalue weighted by Crippen LogP contribution is -2.63. The van der Waals surface area contributed by atoms with Crippen LogP contribution in [0.3, 0.4) is 0 Å². The van der Waals surface area contributed by atoms with Gasteiger partial charge in [-0.15, -0.1) is 18.9 Å². The number of likely N-dealkylation sites (tertiary alicyclic amines) is 2. The van der Waals surface area contributed by atoms with E-state index < -0.39 is 69.9 Å². The Morgan fingerprint density at radius 1 is 0.962 bits per heavy atom. The first-order valence-electron chi connectivity index (χ1n) is 18.9. The lowest BCUT2D eigenvalue weighted by molar-refractivity contribution is -0.153. The minimum Gasteiger partial charge on any atom is -0.346 e. The Balaban J connectivity index is 1.57. The Morgan fingerprint density at radius 2 is 1.58 bits per heavy atom. The van der Waals surface area contributed by atoms with Gasteiger partial charge in [0, 0.05) is 38.9 Å². The zero-order valence-corrected chi connectivity index (χ0v) is 32.9. The molecule has 4 aliphatic rings. The van der Waals surface area contributed by atoms with E-state index in [2.05, 4.69) is 33.8 Å². The molecule has 7 amide bonds. The highest BCUT2D eigenvalue weighted by Crippen LogP contribution is 2.66. The molecule has 292 valence electrons. The molecule has 0 aromatic heterocycles. The minimum absolute atomic E-state index is 0.0101. The van der Waals surface area contributed by atoms with Crippen LogP contribution in [0.15, 0.2) is 12.7 Å². The van der Waals surface area contributed by atoms with E-state index in [0.29, 0.717) is 6.54 Å². The maximum absolute atomic E-state index is 14.7. The number of terminal acetylenes is 1. The summed E-state index contributed by atoms with van der Waals surface area (Å²) in [6.45, 7) is 18.9. The summed E-state index contributed by atoms with van der Waals surface area (Å²) in [7, 11) is 0. The highest BCUT2D eigenvalue weighted by atomic mass is 16.2. The molecule has 4 fully saturated rings. The van der Waals surface area contributed by atoms with Gasteiger partial charge in [-0.25, -0.2) is 4.79 Å². The molecule has 0 radical (unpaired) electrons. The molecule has 53 heavy (non-hydrogen) atoms. The predicted octanol–water partition coefficient (Wildman–Crippen LogP) is 3.08. The molecule has 2 aliphatic heterocycles.